The number of carbonyl (C=O) groups excluding carboxylic acids is 2. The summed E-state index contributed by atoms with van der Waals surface area (Å²) in [5.74, 6) is -0.998. The number of halogens is 2. The Hall–Kier alpha value is -3.40. The van der Waals surface area contributed by atoms with E-state index in [1.54, 1.807) is 31.2 Å². The molecule has 0 fully saturated rings. The molecule has 0 aliphatic heterocycles. The van der Waals surface area contributed by atoms with Crippen molar-refractivity contribution < 1.29 is 23.1 Å². The monoisotopic (exact) mass is 403 g/mol. The lowest BCUT2D eigenvalue weighted by molar-refractivity contribution is 0.0938. The van der Waals surface area contributed by atoms with E-state index in [1.165, 1.54) is 19.4 Å². The van der Waals surface area contributed by atoms with Crippen LogP contribution in [-0.2, 0) is 4.74 Å². The van der Waals surface area contributed by atoms with Gasteiger partial charge in [-0.3, -0.25) is 9.59 Å². The van der Waals surface area contributed by atoms with Gasteiger partial charge in [0.2, 0.25) is 0 Å². The normalized spacial score (nSPS) is 11.1. The summed E-state index contributed by atoms with van der Waals surface area (Å²) in [6, 6.07) is 7.67. The van der Waals surface area contributed by atoms with E-state index in [2.05, 4.69) is 20.7 Å². The second-order valence-electron chi connectivity index (χ2n) is 6.17. The van der Waals surface area contributed by atoms with Gasteiger partial charge in [0.1, 0.15) is 11.3 Å². The van der Waals surface area contributed by atoms with Crippen LogP contribution in [0.25, 0.3) is 5.65 Å². The highest BCUT2D eigenvalue weighted by Crippen LogP contribution is 2.23. The van der Waals surface area contributed by atoms with Crippen molar-refractivity contribution in [2.45, 2.75) is 13.3 Å². The Labute approximate surface area is 164 Å². The van der Waals surface area contributed by atoms with Crippen molar-refractivity contribution in [1.29, 1.82) is 0 Å². The van der Waals surface area contributed by atoms with E-state index in [4.69, 9.17) is 4.74 Å². The zero-order valence-corrected chi connectivity index (χ0v) is 15.8. The van der Waals surface area contributed by atoms with Crippen molar-refractivity contribution in [3.05, 3.63) is 59.0 Å². The average molecular weight is 403 g/mol. The standard InChI is InChI=1S/C19H19F2N5O3/c1-11-9-15(16(20)21)26-17(24-11)13(10-23-26)19(28)25-14-6-4-3-5-12(14)18(27)22-7-8-29-2/h3-6,9-10,16H,7-8H2,1-2H3,(H,22,27)(H,25,28). The molecule has 29 heavy (non-hydrogen) atoms. The molecule has 10 heteroatoms. The van der Waals surface area contributed by atoms with E-state index in [1.807, 2.05) is 0 Å². The van der Waals surface area contributed by atoms with Crippen molar-refractivity contribution in [2.24, 2.45) is 0 Å². The zero-order valence-electron chi connectivity index (χ0n) is 15.8. The molecule has 3 rings (SSSR count). The first kappa shape index (κ1) is 20.3. The number of fused-ring (bicyclic) bond motifs is 1. The molecule has 2 heterocycles. The van der Waals surface area contributed by atoms with Gasteiger partial charge in [-0.2, -0.15) is 5.10 Å². The van der Waals surface area contributed by atoms with Gasteiger partial charge in [-0.25, -0.2) is 18.3 Å². The van der Waals surface area contributed by atoms with Crippen LogP contribution in [0.15, 0.2) is 36.5 Å². The van der Waals surface area contributed by atoms with Crippen LogP contribution in [0.3, 0.4) is 0 Å². The number of amides is 2. The maximum atomic E-state index is 13.3. The molecular formula is C19H19F2N5O3. The number of rotatable bonds is 7. The van der Waals surface area contributed by atoms with Crippen LogP contribution in [0.4, 0.5) is 14.5 Å². The summed E-state index contributed by atoms with van der Waals surface area (Å²) in [7, 11) is 1.52. The van der Waals surface area contributed by atoms with Crippen LogP contribution < -0.4 is 10.6 Å². The quantitative estimate of drug-likeness (QED) is 0.591. The molecule has 0 aliphatic carbocycles. The van der Waals surface area contributed by atoms with E-state index in [0.29, 0.717) is 18.8 Å². The van der Waals surface area contributed by atoms with Crippen molar-refractivity contribution in [2.75, 3.05) is 25.6 Å². The number of alkyl halides is 2. The van der Waals surface area contributed by atoms with Crippen LogP contribution in [0.2, 0.25) is 0 Å². The Morgan fingerprint density at radius 3 is 2.69 bits per heavy atom. The van der Waals surface area contributed by atoms with Gasteiger partial charge < -0.3 is 15.4 Å². The molecule has 0 radical (unpaired) electrons. The molecule has 2 N–H and O–H groups in total. The van der Waals surface area contributed by atoms with Crippen molar-refractivity contribution in [1.82, 2.24) is 19.9 Å². The molecule has 0 atom stereocenters. The van der Waals surface area contributed by atoms with Crippen LogP contribution in [0, 0.1) is 6.92 Å². The number of benzene rings is 1. The van der Waals surface area contributed by atoms with Crippen LogP contribution in [0.1, 0.15) is 38.5 Å². The molecule has 1 aromatic carbocycles. The SMILES string of the molecule is COCCNC(=O)c1ccccc1NC(=O)c1cnn2c(C(F)F)cc(C)nc12. The first-order valence-corrected chi connectivity index (χ1v) is 8.73. The third kappa shape index (κ3) is 4.37. The molecule has 0 saturated heterocycles. The summed E-state index contributed by atoms with van der Waals surface area (Å²) in [6.07, 6.45) is -1.60. The first-order valence-electron chi connectivity index (χ1n) is 8.73. The van der Waals surface area contributed by atoms with Crippen molar-refractivity contribution >= 4 is 23.1 Å². The first-order chi connectivity index (χ1) is 13.9. The van der Waals surface area contributed by atoms with E-state index in [-0.39, 0.29) is 34.1 Å². The number of hydrogen-bond donors (Lipinski definition) is 2. The van der Waals surface area contributed by atoms with Gasteiger partial charge in [0.05, 0.1) is 24.1 Å². The fourth-order valence-corrected chi connectivity index (χ4v) is 2.77. The summed E-state index contributed by atoms with van der Waals surface area (Å²) >= 11 is 0. The van der Waals surface area contributed by atoms with Crippen LogP contribution in [0.5, 0.6) is 0 Å². The number of methoxy groups -OCH3 is 1. The molecule has 0 saturated carbocycles. The van der Waals surface area contributed by atoms with Gasteiger partial charge in [0, 0.05) is 19.3 Å². The maximum absolute atomic E-state index is 13.3. The van der Waals surface area contributed by atoms with E-state index >= 15 is 0 Å². The molecule has 152 valence electrons. The maximum Gasteiger partial charge on any atom is 0.280 e. The second-order valence-corrected chi connectivity index (χ2v) is 6.17. The summed E-state index contributed by atoms with van der Waals surface area (Å²) in [4.78, 5) is 29.3. The highest BCUT2D eigenvalue weighted by atomic mass is 19.3. The predicted octanol–water partition coefficient (Wildman–Crippen LogP) is 2.60. The number of nitrogens with one attached hydrogen (secondary N) is 2. The largest absolute Gasteiger partial charge is 0.383 e. The van der Waals surface area contributed by atoms with Crippen molar-refractivity contribution in [3.8, 4) is 0 Å². The molecule has 2 amide bonds. The lowest BCUT2D eigenvalue weighted by Crippen LogP contribution is -2.28. The second kappa shape index (κ2) is 8.74. The number of aryl methyl sites for hydroxylation is 1. The van der Waals surface area contributed by atoms with E-state index in [0.717, 1.165) is 4.52 Å². The number of aromatic nitrogens is 3. The summed E-state index contributed by atoms with van der Waals surface area (Å²) in [5.41, 5.74) is 0.536. The number of hydrogen-bond acceptors (Lipinski definition) is 5. The third-order valence-corrected chi connectivity index (χ3v) is 4.11. The van der Waals surface area contributed by atoms with Gasteiger partial charge in [0.15, 0.2) is 5.65 Å². The predicted molar refractivity (Wildman–Crippen MR) is 101 cm³/mol. The number of anilines is 1. The highest BCUT2D eigenvalue weighted by Gasteiger charge is 2.21. The number of carbonyl (C=O) groups is 2. The summed E-state index contributed by atoms with van der Waals surface area (Å²) < 4.78 is 32.4. The van der Waals surface area contributed by atoms with Gasteiger partial charge >= 0.3 is 0 Å². The Kier molecular flexibility index (Phi) is 6.13. The number of ether oxygens (including phenoxy) is 1. The molecule has 8 nitrogen and oxygen atoms in total. The molecular weight excluding hydrogens is 384 g/mol. The lowest BCUT2D eigenvalue weighted by atomic mass is 10.1. The fourth-order valence-electron chi connectivity index (χ4n) is 2.77. The molecule has 0 aliphatic rings. The topological polar surface area (TPSA) is 97.6 Å². The summed E-state index contributed by atoms with van der Waals surface area (Å²) in [6.45, 7) is 2.21. The van der Waals surface area contributed by atoms with Crippen LogP contribution >= 0.6 is 0 Å². The lowest BCUT2D eigenvalue weighted by Gasteiger charge is -2.11. The molecule has 0 bridgehead atoms. The van der Waals surface area contributed by atoms with Gasteiger partial charge in [-0.15, -0.1) is 0 Å². The number of para-hydroxylation sites is 1. The van der Waals surface area contributed by atoms with Gasteiger partial charge in [0.25, 0.3) is 18.2 Å². The zero-order chi connectivity index (χ0) is 21.0. The minimum Gasteiger partial charge on any atom is -0.383 e. The number of nitrogens with zero attached hydrogens (tertiary/aromatic N) is 3. The Morgan fingerprint density at radius 1 is 1.21 bits per heavy atom. The van der Waals surface area contributed by atoms with E-state index < -0.39 is 12.3 Å². The molecule has 0 unspecified atom stereocenters. The molecule has 0 spiro atoms. The average Bonchev–Trinajstić information content (AvgIpc) is 3.11. The van der Waals surface area contributed by atoms with Gasteiger partial charge in [-0.1, -0.05) is 12.1 Å². The minimum atomic E-state index is -2.77. The Bertz CT molecular complexity index is 1050. The van der Waals surface area contributed by atoms with Crippen LogP contribution in [-0.4, -0.2) is 46.7 Å². The van der Waals surface area contributed by atoms with Crippen molar-refractivity contribution in [3.63, 3.8) is 0 Å². The molecule has 3 aromatic rings. The fraction of sp³-hybridized carbons (Fsp3) is 0.263. The highest BCUT2D eigenvalue weighted by molar-refractivity contribution is 6.11. The van der Waals surface area contributed by atoms with E-state index in [9.17, 15) is 18.4 Å². The smallest absolute Gasteiger partial charge is 0.280 e. The Balaban J connectivity index is 1.89. The minimum absolute atomic E-state index is 0.0137. The summed E-state index contributed by atoms with van der Waals surface area (Å²) in [5, 5.41) is 9.18. The Morgan fingerprint density at radius 2 is 1.97 bits per heavy atom. The third-order valence-electron chi connectivity index (χ3n) is 4.11. The van der Waals surface area contributed by atoms with Gasteiger partial charge in [-0.05, 0) is 25.1 Å². The molecule has 2 aromatic heterocycles.